The summed E-state index contributed by atoms with van der Waals surface area (Å²) < 4.78 is 10.3. The van der Waals surface area contributed by atoms with Crippen LogP contribution in [0.5, 0.6) is 0 Å². The van der Waals surface area contributed by atoms with E-state index in [1.54, 1.807) is 6.92 Å². The van der Waals surface area contributed by atoms with E-state index in [1.807, 2.05) is 0 Å². The molecule has 1 aliphatic rings. The Kier molecular flexibility index (Phi) is 11.2. The quantitative estimate of drug-likeness (QED) is 0.241. The Balaban J connectivity index is 2.54. The van der Waals surface area contributed by atoms with Gasteiger partial charge in [-0.1, -0.05) is 12.8 Å². The van der Waals surface area contributed by atoms with Crippen LogP contribution in [-0.4, -0.2) is 79.1 Å². The van der Waals surface area contributed by atoms with Crippen molar-refractivity contribution in [3.63, 3.8) is 0 Å². The number of rotatable bonds is 11. The van der Waals surface area contributed by atoms with Crippen LogP contribution in [-0.2, 0) is 23.9 Å². The molecule has 1 saturated heterocycles. The van der Waals surface area contributed by atoms with Gasteiger partial charge in [-0.15, -0.1) is 0 Å². The van der Waals surface area contributed by atoms with E-state index in [9.17, 15) is 14.4 Å². The molecule has 1 aliphatic heterocycles. The second-order valence-corrected chi connectivity index (χ2v) is 6.61. The predicted octanol–water partition coefficient (Wildman–Crippen LogP) is 0.575. The van der Waals surface area contributed by atoms with E-state index in [2.05, 4.69) is 15.0 Å². The lowest BCUT2D eigenvalue weighted by atomic mass is 10.1. The van der Waals surface area contributed by atoms with Crippen molar-refractivity contribution in [2.75, 3.05) is 33.4 Å². The average Bonchev–Trinajstić information content (AvgIpc) is 2.93. The summed E-state index contributed by atoms with van der Waals surface area (Å²) in [4.78, 5) is 40.8. The summed E-state index contributed by atoms with van der Waals surface area (Å²) in [6, 6.07) is -0.963. The van der Waals surface area contributed by atoms with E-state index >= 15 is 0 Å². The molecule has 1 amide bonds. The van der Waals surface area contributed by atoms with Crippen LogP contribution in [0, 0.1) is 0 Å². The van der Waals surface area contributed by atoms with Crippen LogP contribution in [0.25, 0.3) is 5.53 Å². The molecule has 152 valence electrons. The van der Waals surface area contributed by atoms with Crippen LogP contribution in [0.4, 0.5) is 0 Å². The smallest absolute Gasteiger partial charge is 0.328 e. The van der Waals surface area contributed by atoms with Crippen molar-refractivity contribution in [3.05, 3.63) is 5.53 Å². The van der Waals surface area contributed by atoms with Gasteiger partial charge in [0, 0.05) is 20.1 Å². The van der Waals surface area contributed by atoms with Gasteiger partial charge >= 0.3 is 12.2 Å². The molecule has 1 rings (SSSR count). The number of nitrogens with one attached hydrogen (secondary N) is 1. The number of hydrogen-bond donors (Lipinski definition) is 1. The molecule has 0 aromatic carbocycles. The number of Topliss-reactive ketones (excluding diaryl/α,β-unsaturated/α-hetero) is 1. The Morgan fingerprint density at radius 2 is 1.89 bits per heavy atom. The molecule has 27 heavy (non-hydrogen) atoms. The third-order valence-electron chi connectivity index (χ3n) is 4.56. The standard InChI is InChI=1S/C18H30N4O5/c1-14(26-2)17(24)21-16(8-7-15(23)13-20-19)18(25)27-12-11-22-9-5-3-4-6-10-22/h13-14,16H,3-12H2,1-2H3,(H,21,24)/t14-,16-/m0/s1. The van der Waals surface area contributed by atoms with Gasteiger partial charge < -0.3 is 20.3 Å². The van der Waals surface area contributed by atoms with Gasteiger partial charge in [-0.3, -0.25) is 14.5 Å². The van der Waals surface area contributed by atoms with Crippen LogP contribution in [0.3, 0.4) is 0 Å². The highest BCUT2D eigenvalue weighted by molar-refractivity contribution is 6.25. The van der Waals surface area contributed by atoms with Crippen molar-refractivity contribution < 1.29 is 28.6 Å². The van der Waals surface area contributed by atoms with Crippen molar-refractivity contribution in [1.82, 2.24) is 10.2 Å². The summed E-state index contributed by atoms with van der Waals surface area (Å²) in [7, 11) is 1.39. The van der Waals surface area contributed by atoms with Crippen LogP contribution in [0.15, 0.2) is 0 Å². The zero-order valence-electron chi connectivity index (χ0n) is 16.2. The maximum atomic E-state index is 12.4. The molecular formula is C18H30N4O5. The van der Waals surface area contributed by atoms with Gasteiger partial charge in [0.1, 0.15) is 18.8 Å². The Bertz CT molecular complexity index is 540. The van der Waals surface area contributed by atoms with Crippen molar-refractivity contribution in [1.29, 1.82) is 0 Å². The first-order chi connectivity index (χ1) is 13.0. The van der Waals surface area contributed by atoms with Crippen molar-refractivity contribution in [2.45, 2.75) is 57.6 Å². The van der Waals surface area contributed by atoms with Crippen molar-refractivity contribution >= 4 is 23.9 Å². The number of carbonyl (C=O) groups is 3. The summed E-state index contributed by atoms with van der Waals surface area (Å²) in [5.41, 5.74) is 8.39. The lowest BCUT2D eigenvalue weighted by Gasteiger charge is -2.22. The molecule has 0 aromatic rings. The fourth-order valence-corrected chi connectivity index (χ4v) is 2.80. The minimum absolute atomic E-state index is 0.0512. The molecule has 1 heterocycles. The van der Waals surface area contributed by atoms with Crippen LogP contribution in [0.2, 0.25) is 0 Å². The largest absolute Gasteiger partial charge is 0.463 e. The number of nitrogens with zero attached hydrogens (tertiary/aromatic N) is 3. The predicted molar refractivity (Wildman–Crippen MR) is 98.2 cm³/mol. The van der Waals surface area contributed by atoms with E-state index in [1.165, 1.54) is 20.0 Å². The first-order valence-electron chi connectivity index (χ1n) is 9.40. The van der Waals surface area contributed by atoms with Gasteiger partial charge in [-0.2, -0.15) is 4.79 Å². The van der Waals surface area contributed by atoms with Gasteiger partial charge in [0.05, 0.1) is 0 Å². The zero-order chi connectivity index (χ0) is 20.1. The lowest BCUT2D eigenvalue weighted by Crippen LogP contribution is -2.46. The molecule has 0 bridgehead atoms. The number of likely N-dealkylation sites (tertiary alicyclic amines) is 1. The number of methoxy groups -OCH3 is 1. The molecule has 1 N–H and O–H groups in total. The molecule has 0 spiro atoms. The fourth-order valence-electron chi connectivity index (χ4n) is 2.80. The van der Waals surface area contributed by atoms with E-state index in [-0.39, 0.29) is 19.4 Å². The molecule has 0 aromatic heterocycles. The van der Waals surface area contributed by atoms with Crippen molar-refractivity contribution in [3.8, 4) is 0 Å². The Morgan fingerprint density at radius 3 is 2.48 bits per heavy atom. The van der Waals surface area contributed by atoms with Gasteiger partial charge in [0.2, 0.25) is 11.7 Å². The minimum atomic E-state index is -0.963. The molecule has 0 unspecified atom stereocenters. The maximum absolute atomic E-state index is 12.4. The summed E-state index contributed by atoms with van der Waals surface area (Å²) in [6.45, 7) is 4.44. The van der Waals surface area contributed by atoms with Crippen molar-refractivity contribution in [2.24, 2.45) is 0 Å². The van der Waals surface area contributed by atoms with E-state index < -0.39 is 29.8 Å². The monoisotopic (exact) mass is 382 g/mol. The number of carbonyl (C=O) groups excluding carboxylic acids is 3. The summed E-state index contributed by atoms with van der Waals surface area (Å²) in [6.07, 6.45) is 4.79. The Labute approximate surface area is 160 Å². The van der Waals surface area contributed by atoms with E-state index in [0.29, 0.717) is 6.54 Å². The highest BCUT2D eigenvalue weighted by Gasteiger charge is 2.26. The second-order valence-electron chi connectivity index (χ2n) is 6.61. The molecule has 0 radical (unpaired) electrons. The van der Waals surface area contributed by atoms with E-state index in [4.69, 9.17) is 15.0 Å². The van der Waals surface area contributed by atoms with Crippen LogP contribution in [0.1, 0.15) is 45.4 Å². The molecule has 2 atom stereocenters. The second kappa shape index (κ2) is 13.1. The fraction of sp³-hybridized carbons (Fsp3) is 0.778. The molecule has 0 aliphatic carbocycles. The topological polar surface area (TPSA) is 121 Å². The number of esters is 1. The van der Waals surface area contributed by atoms with Gasteiger partial charge in [0.15, 0.2) is 0 Å². The van der Waals surface area contributed by atoms with Crippen LogP contribution >= 0.6 is 0 Å². The molecule has 1 fully saturated rings. The number of ether oxygens (including phenoxy) is 2. The van der Waals surface area contributed by atoms with Crippen LogP contribution < -0.4 is 5.32 Å². The summed E-state index contributed by atoms with van der Waals surface area (Å²) in [5, 5.41) is 2.55. The summed E-state index contributed by atoms with van der Waals surface area (Å²) >= 11 is 0. The lowest BCUT2D eigenvalue weighted by molar-refractivity contribution is -0.149. The Morgan fingerprint density at radius 1 is 1.22 bits per heavy atom. The number of ketones is 1. The zero-order valence-corrected chi connectivity index (χ0v) is 16.2. The first kappa shape index (κ1) is 23.0. The molecular weight excluding hydrogens is 352 g/mol. The van der Waals surface area contributed by atoms with Gasteiger partial charge in [-0.05, 0) is 39.3 Å². The molecule has 9 nitrogen and oxygen atoms in total. The maximum Gasteiger partial charge on any atom is 0.328 e. The highest BCUT2D eigenvalue weighted by atomic mass is 16.5. The normalized spacial score (nSPS) is 17.1. The summed E-state index contributed by atoms with van der Waals surface area (Å²) in [5.74, 6) is -1.50. The first-order valence-corrected chi connectivity index (χ1v) is 9.40. The molecule has 9 heteroatoms. The van der Waals surface area contributed by atoms with Gasteiger partial charge in [0.25, 0.3) is 0 Å². The minimum Gasteiger partial charge on any atom is -0.463 e. The average molecular weight is 382 g/mol. The Hall–Kier alpha value is -2.09. The van der Waals surface area contributed by atoms with Gasteiger partial charge in [-0.25, -0.2) is 4.79 Å². The number of hydrogen-bond acceptors (Lipinski definition) is 6. The highest BCUT2D eigenvalue weighted by Crippen LogP contribution is 2.09. The number of amides is 1. The molecule has 0 saturated carbocycles. The van der Waals surface area contributed by atoms with E-state index in [0.717, 1.165) is 32.1 Å². The third kappa shape index (κ3) is 9.42. The third-order valence-corrected chi connectivity index (χ3v) is 4.56. The SMILES string of the molecule is CO[C@@H](C)C(=O)N[C@@H](CCC(=O)C=[N+]=[N-])C(=O)OCCN1CCCCCC1.